The fraction of sp³-hybridized carbons (Fsp3) is 0.0370. The first-order chi connectivity index (χ1) is 14.3. The summed E-state index contributed by atoms with van der Waals surface area (Å²) >= 11 is -0.400. The van der Waals surface area contributed by atoms with Crippen LogP contribution in [0.4, 0.5) is 0 Å². The molecule has 136 valence electrons. The van der Waals surface area contributed by atoms with Crippen molar-refractivity contribution >= 4 is 81.5 Å². The van der Waals surface area contributed by atoms with Crippen molar-refractivity contribution in [3.63, 3.8) is 0 Å². The second-order valence-corrected chi connectivity index (χ2v) is 10.9. The van der Waals surface area contributed by atoms with Gasteiger partial charge in [0.1, 0.15) is 0 Å². The molecule has 7 rings (SSSR count). The first kappa shape index (κ1) is 16.1. The number of benzene rings is 5. The van der Waals surface area contributed by atoms with Crippen molar-refractivity contribution in [3.05, 3.63) is 84.4 Å². The topological polar surface area (TPSA) is 13.1 Å². The summed E-state index contributed by atoms with van der Waals surface area (Å²) in [6.07, 6.45) is 0. The quantitative estimate of drug-likeness (QED) is 0.123. The summed E-state index contributed by atoms with van der Waals surface area (Å²) in [5.41, 5.74) is 3.19. The van der Waals surface area contributed by atoms with Gasteiger partial charge in [-0.25, -0.2) is 0 Å². The second kappa shape index (κ2) is 5.63. The Balaban J connectivity index is 1.96. The van der Waals surface area contributed by atoms with Gasteiger partial charge in [0.05, 0.1) is 0 Å². The van der Waals surface area contributed by atoms with E-state index < -0.39 is 20.4 Å². The minimum absolute atomic E-state index is 0.400. The first-order valence-electron chi connectivity index (χ1n) is 9.87. The van der Waals surface area contributed by atoms with Crippen LogP contribution in [0.15, 0.2) is 83.3 Å². The number of rotatable bonds is 0. The average Bonchev–Trinajstić information content (AvgIpc) is 2.75. The summed E-state index contributed by atoms with van der Waals surface area (Å²) in [5, 5.41) is 10.8. The maximum atomic E-state index is 6.40. The van der Waals surface area contributed by atoms with Gasteiger partial charge in [-0.2, -0.15) is 0 Å². The number of hydrogen-bond donors (Lipinski definition) is 0. The van der Waals surface area contributed by atoms with E-state index in [0.717, 1.165) is 11.2 Å². The number of fused-ring (bicyclic) bond motifs is 6. The van der Waals surface area contributed by atoms with Crippen LogP contribution in [-0.4, -0.2) is 20.4 Å². The molecule has 5 aromatic carbocycles. The van der Waals surface area contributed by atoms with Gasteiger partial charge in [-0.15, -0.1) is 0 Å². The fourth-order valence-corrected chi connectivity index (χ4v) is 8.13. The Morgan fingerprint density at radius 3 is 2.21 bits per heavy atom. The van der Waals surface area contributed by atoms with Crippen molar-refractivity contribution in [2.45, 2.75) is 6.92 Å². The van der Waals surface area contributed by atoms with Crippen molar-refractivity contribution in [2.75, 3.05) is 0 Å². The van der Waals surface area contributed by atoms with Gasteiger partial charge in [0, 0.05) is 0 Å². The van der Waals surface area contributed by atoms with Gasteiger partial charge in [0.25, 0.3) is 0 Å². The molecular formula is C27H16OTe. The molecule has 7 aromatic rings. The summed E-state index contributed by atoms with van der Waals surface area (Å²) in [7, 11) is 0. The van der Waals surface area contributed by atoms with Crippen molar-refractivity contribution < 1.29 is 4.42 Å². The molecule has 2 heteroatoms. The van der Waals surface area contributed by atoms with Gasteiger partial charge in [-0.3, -0.25) is 0 Å². The predicted octanol–water partition coefficient (Wildman–Crippen LogP) is 7.56. The van der Waals surface area contributed by atoms with Gasteiger partial charge in [-0.05, 0) is 0 Å². The van der Waals surface area contributed by atoms with Gasteiger partial charge in [0.2, 0.25) is 0 Å². The average molecular weight is 484 g/mol. The number of hydrogen-bond acceptors (Lipinski definition) is 1. The summed E-state index contributed by atoms with van der Waals surface area (Å²) < 4.78 is 9.48. The van der Waals surface area contributed by atoms with E-state index in [-0.39, 0.29) is 0 Å². The Labute approximate surface area is 176 Å². The summed E-state index contributed by atoms with van der Waals surface area (Å²) in [6.45, 7) is 2.16. The molecule has 0 N–H and O–H groups in total. The van der Waals surface area contributed by atoms with E-state index in [1.165, 1.54) is 52.1 Å². The van der Waals surface area contributed by atoms with Crippen LogP contribution >= 0.6 is 0 Å². The zero-order chi connectivity index (χ0) is 19.1. The van der Waals surface area contributed by atoms with E-state index in [1.54, 1.807) is 3.40 Å². The van der Waals surface area contributed by atoms with Gasteiger partial charge in [-0.1, -0.05) is 0 Å². The standard InChI is InChI=1S/C27H16OTe/c1-15-12-13-20-19(14-15)25-18-8-5-11-23-27(18)24(16-6-2-3-10-22(16)29-23)17-7-4-9-21(28-20)26(17)25/h2-14H,1H3. The molecule has 0 unspecified atom stereocenters. The SMILES string of the molecule is Cc1ccc2oc3cccc4c3c(c2c1)c1cccc2[te]c3ccccc3c4c21. The Kier molecular flexibility index (Phi) is 3.12. The molecule has 29 heavy (non-hydrogen) atoms. The molecule has 0 aliphatic heterocycles. The Morgan fingerprint density at radius 1 is 0.552 bits per heavy atom. The molecule has 0 saturated heterocycles. The van der Waals surface area contributed by atoms with E-state index in [1.807, 2.05) is 0 Å². The van der Waals surface area contributed by atoms with Gasteiger partial charge >= 0.3 is 177 Å². The van der Waals surface area contributed by atoms with Crippen LogP contribution in [0, 0.1) is 6.92 Å². The van der Waals surface area contributed by atoms with E-state index >= 15 is 0 Å². The van der Waals surface area contributed by atoms with Crippen LogP contribution in [0.2, 0.25) is 0 Å². The summed E-state index contributed by atoms with van der Waals surface area (Å²) in [5.74, 6) is 0. The molecule has 0 radical (unpaired) electrons. The Hall–Kier alpha value is -2.79. The molecule has 1 nitrogen and oxygen atoms in total. The second-order valence-electron chi connectivity index (χ2n) is 7.81. The van der Waals surface area contributed by atoms with Crippen LogP contribution < -0.4 is 0 Å². The monoisotopic (exact) mass is 486 g/mol. The molecule has 0 spiro atoms. The maximum absolute atomic E-state index is 6.40. The molecule has 0 bridgehead atoms. The van der Waals surface area contributed by atoms with Crippen molar-refractivity contribution in [1.29, 1.82) is 0 Å². The first-order valence-corrected chi connectivity index (χ1v) is 12.2. The minimum atomic E-state index is -0.400. The molecule has 2 heterocycles. The molecular weight excluding hydrogens is 468 g/mol. The zero-order valence-corrected chi connectivity index (χ0v) is 18.2. The van der Waals surface area contributed by atoms with E-state index in [2.05, 4.69) is 85.8 Å². The van der Waals surface area contributed by atoms with Crippen LogP contribution in [0.5, 0.6) is 0 Å². The summed E-state index contributed by atoms with van der Waals surface area (Å²) in [6, 6.07) is 29.0. The van der Waals surface area contributed by atoms with Crippen LogP contribution in [0.1, 0.15) is 5.56 Å². The van der Waals surface area contributed by atoms with E-state index in [4.69, 9.17) is 4.42 Å². The molecule has 2 aromatic heterocycles. The van der Waals surface area contributed by atoms with Gasteiger partial charge < -0.3 is 0 Å². The molecule has 0 saturated carbocycles. The zero-order valence-electron chi connectivity index (χ0n) is 15.8. The summed E-state index contributed by atoms with van der Waals surface area (Å²) in [4.78, 5) is 0. The Bertz CT molecular complexity index is 1760. The van der Waals surface area contributed by atoms with Crippen LogP contribution in [0.25, 0.3) is 61.1 Å². The molecule has 0 aliphatic rings. The predicted molar refractivity (Wildman–Crippen MR) is 125 cm³/mol. The normalized spacial score (nSPS) is 12.3. The third-order valence-corrected chi connectivity index (χ3v) is 9.33. The number of aryl methyl sites for hydroxylation is 1. The van der Waals surface area contributed by atoms with Crippen LogP contribution in [-0.2, 0) is 0 Å². The van der Waals surface area contributed by atoms with E-state index in [0.29, 0.717) is 0 Å². The fourth-order valence-electron chi connectivity index (χ4n) is 4.92. The molecule has 0 fully saturated rings. The van der Waals surface area contributed by atoms with E-state index in [9.17, 15) is 0 Å². The van der Waals surface area contributed by atoms with Gasteiger partial charge in [0.15, 0.2) is 0 Å². The molecule has 0 amide bonds. The van der Waals surface area contributed by atoms with Crippen LogP contribution in [0.3, 0.4) is 0 Å². The van der Waals surface area contributed by atoms with Crippen molar-refractivity contribution in [1.82, 2.24) is 0 Å². The van der Waals surface area contributed by atoms with Crippen molar-refractivity contribution in [2.24, 2.45) is 0 Å². The van der Waals surface area contributed by atoms with Crippen molar-refractivity contribution in [3.8, 4) is 0 Å². The Morgan fingerprint density at radius 2 is 1.28 bits per heavy atom. The molecule has 0 atom stereocenters. The third kappa shape index (κ3) is 2.06. The molecule has 0 aliphatic carbocycles. The third-order valence-electron chi connectivity index (χ3n) is 6.09.